The summed E-state index contributed by atoms with van der Waals surface area (Å²) in [5.74, 6) is 0.538. The van der Waals surface area contributed by atoms with E-state index in [0.29, 0.717) is 44.7 Å². The monoisotopic (exact) mass is 530 g/mol. The Morgan fingerprint density at radius 2 is 1.02 bits per heavy atom. The Balaban J connectivity index is 1.35. The Kier molecular flexibility index (Phi) is 6.33. The second-order valence-electron chi connectivity index (χ2n) is 9.00. The molecule has 0 saturated carbocycles. The normalized spacial score (nSPS) is 12.2. The predicted octanol–water partition coefficient (Wildman–Crippen LogP) is 5.51. The van der Waals surface area contributed by atoms with E-state index in [2.05, 4.69) is 31.0 Å². The van der Waals surface area contributed by atoms with E-state index in [4.69, 9.17) is 8.83 Å². The highest BCUT2D eigenvalue weighted by molar-refractivity contribution is 6.02. The van der Waals surface area contributed by atoms with Crippen molar-refractivity contribution < 1.29 is 8.83 Å². The Morgan fingerprint density at radius 1 is 0.625 bits per heavy atom. The van der Waals surface area contributed by atoms with Gasteiger partial charge in [-0.1, -0.05) is 48.5 Å². The molecule has 0 amide bonds. The average molecular weight is 531 g/mol. The molecule has 0 aliphatic carbocycles. The molecule has 40 heavy (non-hydrogen) atoms. The highest BCUT2D eigenvalue weighted by Gasteiger charge is 2.13. The number of benzene rings is 3. The minimum absolute atomic E-state index is 0.269. The van der Waals surface area contributed by atoms with Gasteiger partial charge in [0.2, 0.25) is 0 Å². The van der Waals surface area contributed by atoms with E-state index < -0.39 is 11.3 Å². The summed E-state index contributed by atoms with van der Waals surface area (Å²) < 4.78 is 10.9. The van der Waals surface area contributed by atoms with Gasteiger partial charge in [0, 0.05) is 10.8 Å². The highest BCUT2D eigenvalue weighted by Crippen LogP contribution is 2.22. The Labute approximate surface area is 226 Å². The van der Waals surface area contributed by atoms with E-state index in [0.717, 1.165) is 10.8 Å². The molecular weight excluding hydrogens is 508 g/mol. The van der Waals surface area contributed by atoms with Crippen LogP contribution in [0.25, 0.3) is 33.0 Å². The smallest absolute Gasteiger partial charge is 0.345 e. The van der Waals surface area contributed by atoms with Crippen LogP contribution in [-0.2, 0) is 0 Å². The first kappa shape index (κ1) is 24.7. The Hall–Kier alpha value is -5.64. The maximum absolute atomic E-state index is 12.6. The van der Waals surface area contributed by atoms with E-state index >= 15 is 0 Å². The largest absolute Gasteiger partial charge is 0.422 e. The number of hydrogen-bond acceptors (Lipinski definition) is 10. The molecule has 0 fully saturated rings. The first-order valence-corrected chi connectivity index (χ1v) is 12.4. The number of nitrogens with one attached hydrogen (secondary N) is 2. The molecule has 3 aromatic carbocycles. The van der Waals surface area contributed by atoms with Crippen molar-refractivity contribution in [2.75, 3.05) is 10.9 Å². The zero-order valence-corrected chi connectivity index (χ0v) is 21.5. The molecule has 0 spiro atoms. The van der Waals surface area contributed by atoms with Gasteiger partial charge in [-0.25, -0.2) is 19.6 Å². The van der Waals surface area contributed by atoms with Crippen LogP contribution >= 0.6 is 0 Å². The Morgan fingerprint density at radius 3 is 1.48 bits per heavy atom. The van der Waals surface area contributed by atoms with Crippen molar-refractivity contribution in [3.63, 3.8) is 0 Å². The van der Waals surface area contributed by atoms with Gasteiger partial charge < -0.3 is 8.83 Å². The van der Waals surface area contributed by atoms with Crippen molar-refractivity contribution in [2.45, 2.75) is 13.8 Å². The van der Waals surface area contributed by atoms with Gasteiger partial charge in [-0.3, -0.25) is 10.9 Å². The second kappa shape index (κ2) is 10.3. The molecule has 196 valence electrons. The fraction of sp³-hybridized carbons (Fsp3) is 0.0667. The van der Waals surface area contributed by atoms with Crippen LogP contribution in [0.5, 0.6) is 0 Å². The summed E-state index contributed by atoms with van der Waals surface area (Å²) in [6, 6.07) is 25.3. The molecule has 10 heteroatoms. The van der Waals surface area contributed by atoms with Gasteiger partial charge in [0.1, 0.15) is 11.2 Å². The molecule has 10 nitrogen and oxygen atoms in total. The maximum Gasteiger partial charge on any atom is 0.345 e. The first-order chi connectivity index (χ1) is 19.5. The number of para-hydroxylation sites is 4. The second-order valence-corrected chi connectivity index (χ2v) is 9.00. The summed E-state index contributed by atoms with van der Waals surface area (Å²) in [6.07, 6.45) is 0. The van der Waals surface area contributed by atoms with Crippen LogP contribution in [0.2, 0.25) is 0 Å². The lowest BCUT2D eigenvalue weighted by atomic mass is 10.1. The first-order valence-electron chi connectivity index (χ1n) is 12.4. The quantitative estimate of drug-likeness (QED) is 0.163. The standard InChI is InChI=1S/C30H22N6O4/c1-17(21-15-19-9-3-7-13-25(19)39-29(21)37)33-35-27-28(32-24-12-6-5-11-23(24)31-27)36-34-18(2)22-16-20-10-4-8-14-26(20)40-30(22)38/h3-16H,1-2H3,(H,31,35)(H,32,36). The number of rotatable bonds is 6. The third-order valence-electron chi connectivity index (χ3n) is 6.29. The molecule has 2 N–H and O–H groups in total. The molecule has 0 atom stereocenters. The van der Waals surface area contributed by atoms with Gasteiger partial charge in [-0.2, -0.15) is 10.2 Å². The molecule has 0 saturated heterocycles. The number of fused-ring (bicyclic) bond motifs is 3. The average Bonchev–Trinajstić information content (AvgIpc) is 2.97. The molecule has 0 aliphatic rings. The third kappa shape index (κ3) is 4.81. The summed E-state index contributed by atoms with van der Waals surface area (Å²) in [5.41, 5.74) is 8.47. The van der Waals surface area contributed by atoms with Crippen LogP contribution in [0, 0.1) is 0 Å². The fourth-order valence-electron chi connectivity index (χ4n) is 4.18. The lowest BCUT2D eigenvalue weighted by molar-refractivity contribution is 0.559. The van der Waals surface area contributed by atoms with Crippen LogP contribution in [0.15, 0.2) is 114 Å². The van der Waals surface area contributed by atoms with Crippen LogP contribution in [0.4, 0.5) is 11.6 Å². The van der Waals surface area contributed by atoms with Gasteiger partial charge in [-0.05, 0) is 50.2 Å². The molecular formula is C30H22N6O4. The zero-order chi connectivity index (χ0) is 27.6. The van der Waals surface area contributed by atoms with Crippen LogP contribution < -0.4 is 22.1 Å². The summed E-state index contributed by atoms with van der Waals surface area (Å²) in [6.45, 7) is 3.38. The van der Waals surface area contributed by atoms with Crippen molar-refractivity contribution in [1.82, 2.24) is 9.97 Å². The van der Waals surface area contributed by atoms with Crippen molar-refractivity contribution in [3.8, 4) is 0 Å². The molecule has 3 heterocycles. The Bertz CT molecular complexity index is 1950. The summed E-state index contributed by atoms with van der Waals surface area (Å²) in [5, 5.41) is 10.3. The van der Waals surface area contributed by atoms with Crippen LogP contribution in [0.1, 0.15) is 25.0 Å². The van der Waals surface area contributed by atoms with E-state index in [9.17, 15) is 9.59 Å². The minimum atomic E-state index is -0.501. The van der Waals surface area contributed by atoms with Gasteiger partial charge in [0.25, 0.3) is 0 Å². The van der Waals surface area contributed by atoms with E-state index in [1.165, 1.54) is 0 Å². The van der Waals surface area contributed by atoms with Crippen molar-refractivity contribution in [3.05, 3.63) is 117 Å². The van der Waals surface area contributed by atoms with E-state index in [1.807, 2.05) is 48.5 Å². The van der Waals surface area contributed by atoms with Crippen molar-refractivity contribution in [2.24, 2.45) is 10.2 Å². The third-order valence-corrected chi connectivity index (χ3v) is 6.29. The molecule has 0 bridgehead atoms. The van der Waals surface area contributed by atoms with Gasteiger partial charge >= 0.3 is 11.3 Å². The lowest BCUT2D eigenvalue weighted by Gasteiger charge is -2.10. The van der Waals surface area contributed by atoms with Crippen LogP contribution in [-0.4, -0.2) is 21.4 Å². The fourth-order valence-corrected chi connectivity index (χ4v) is 4.18. The SMILES string of the molecule is CC(=NNc1nc2ccccc2nc1NN=C(C)c1cc2ccccc2oc1=O)c1cc2ccccc2oc1=O. The highest BCUT2D eigenvalue weighted by atomic mass is 16.4. The van der Waals surface area contributed by atoms with Crippen LogP contribution in [0.3, 0.4) is 0 Å². The zero-order valence-electron chi connectivity index (χ0n) is 21.5. The molecule has 0 aliphatic heterocycles. The summed E-state index contributed by atoms with van der Waals surface area (Å²) in [4.78, 5) is 34.4. The summed E-state index contributed by atoms with van der Waals surface area (Å²) in [7, 11) is 0. The molecule has 0 radical (unpaired) electrons. The number of hydrazone groups is 2. The van der Waals surface area contributed by atoms with E-state index in [-0.39, 0.29) is 11.6 Å². The van der Waals surface area contributed by atoms with Crippen molar-refractivity contribution >= 4 is 56.0 Å². The van der Waals surface area contributed by atoms with Gasteiger partial charge in [0.15, 0.2) is 11.6 Å². The predicted molar refractivity (Wildman–Crippen MR) is 156 cm³/mol. The summed E-state index contributed by atoms with van der Waals surface area (Å²) >= 11 is 0. The lowest BCUT2D eigenvalue weighted by Crippen LogP contribution is -2.15. The van der Waals surface area contributed by atoms with Crippen molar-refractivity contribution in [1.29, 1.82) is 0 Å². The van der Waals surface area contributed by atoms with E-state index in [1.54, 1.807) is 50.2 Å². The number of anilines is 2. The topological polar surface area (TPSA) is 135 Å². The minimum Gasteiger partial charge on any atom is -0.422 e. The molecule has 6 aromatic rings. The number of nitrogens with zero attached hydrogens (tertiary/aromatic N) is 4. The van der Waals surface area contributed by atoms with Gasteiger partial charge in [-0.15, -0.1) is 0 Å². The number of hydrogen-bond donors (Lipinski definition) is 2. The number of aromatic nitrogens is 2. The molecule has 6 rings (SSSR count). The maximum atomic E-state index is 12.6. The van der Waals surface area contributed by atoms with Gasteiger partial charge in [0.05, 0.1) is 33.6 Å². The molecule has 0 unspecified atom stereocenters. The molecule has 3 aromatic heterocycles.